The Labute approximate surface area is 119 Å². The molecular formula is C15H22N4O. The van der Waals surface area contributed by atoms with Crippen LogP contribution in [0.5, 0.6) is 5.75 Å². The van der Waals surface area contributed by atoms with Crippen LogP contribution in [0.2, 0.25) is 0 Å². The summed E-state index contributed by atoms with van der Waals surface area (Å²) in [7, 11) is 0. The summed E-state index contributed by atoms with van der Waals surface area (Å²) in [6.07, 6.45) is 2.23. The highest BCUT2D eigenvalue weighted by Gasteiger charge is 2.21. The number of guanidine groups is 1. The number of hydrogen-bond donors (Lipinski definition) is 2. The zero-order chi connectivity index (χ0) is 13.8. The van der Waals surface area contributed by atoms with Gasteiger partial charge < -0.3 is 20.7 Å². The molecule has 0 saturated carbocycles. The maximum atomic E-state index is 5.99. The summed E-state index contributed by atoms with van der Waals surface area (Å²) < 4.78 is 5.64. The fraction of sp³-hybridized carbons (Fsp3) is 0.533. The molecule has 1 saturated heterocycles. The van der Waals surface area contributed by atoms with Gasteiger partial charge in [0.25, 0.3) is 0 Å². The molecule has 0 aliphatic carbocycles. The van der Waals surface area contributed by atoms with E-state index >= 15 is 0 Å². The average molecular weight is 274 g/mol. The lowest BCUT2D eigenvalue weighted by Crippen LogP contribution is -2.40. The topological polar surface area (TPSA) is 62.9 Å². The minimum atomic E-state index is 0.202. The van der Waals surface area contributed by atoms with E-state index in [0.29, 0.717) is 5.96 Å². The predicted molar refractivity (Wildman–Crippen MR) is 80.0 cm³/mol. The molecule has 20 heavy (non-hydrogen) atoms. The molecule has 0 aromatic heterocycles. The van der Waals surface area contributed by atoms with Gasteiger partial charge in [0.15, 0.2) is 5.96 Å². The van der Waals surface area contributed by atoms with Crippen LogP contribution in [0.25, 0.3) is 0 Å². The number of ether oxygens (including phenoxy) is 1. The van der Waals surface area contributed by atoms with Crippen LogP contribution in [0, 0.1) is 0 Å². The summed E-state index contributed by atoms with van der Waals surface area (Å²) in [5, 5.41) is 3.31. The standard InChI is InChI=1S/C15H22N4O/c16-15(17-7-10-19-8-3-9-19)18-13-6-11-20-14-5-2-1-4-12(13)14/h1-2,4-5,13H,3,6-11H2,(H3,16,17,18). The number of para-hydroxylation sites is 1. The van der Waals surface area contributed by atoms with E-state index in [-0.39, 0.29) is 6.04 Å². The molecule has 1 aromatic carbocycles. The van der Waals surface area contributed by atoms with Crippen molar-refractivity contribution >= 4 is 5.96 Å². The van der Waals surface area contributed by atoms with Gasteiger partial charge in [0.2, 0.25) is 0 Å². The summed E-state index contributed by atoms with van der Waals surface area (Å²) in [5.74, 6) is 1.48. The molecule has 5 heteroatoms. The maximum Gasteiger partial charge on any atom is 0.189 e. The van der Waals surface area contributed by atoms with E-state index in [2.05, 4.69) is 21.3 Å². The zero-order valence-electron chi connectivity index (χ0n) is 11.7. The van der Waals surface area contributed by atoms with E-state index in [9.17, 15) is 0 Å². The molecule has 0 radical (unpaired) electrons. The largest absolute Gasteiger partial charge is 0.493 e. The van der Waals surface area contributed by atoms with Crippen LogP contribution in [0.3, 0.4) is 0 Å². The molecular weight excluding hydrogens is 252 g/mol. The second-order valence-corrected chi connectivity index (χ2v) is 5.33. The molecule has 0 amide bonds. The lowest BCUT2D eigenvalue weighted by atomic mass is 10.0. The number of nitrogens with two attached hydrogens (primary N) is 1. The number of benzene rings is 1. The zero-order valence-corrected chi connectivity index (χ0v) is 11.7. The number of rotatable bonds is 4. The third kappa shape index (κ3) is 3.04. The van der Waals surface area contributed by atoms with Crippen molar-refractivity contribution in [3.63, 3.8) is 0 Å². The van der Waals surface area contributed by atoms with Crippen molar-refractivity contribution in [2.24, 2.45) is 10.7 Å². The van der Waals surface area contributed by atoms with Gasteiger partial charge in [-0.15, -0.1) is 0 Å². The van der Waals surface area contributed by atoms with Crippen LogP contribution in [-0.4, -0.2) is 43.6 Å². The fourth-order valence-electron chi connectivity index (χ4n) is 2.63. The molecule has 2 aliphatic rings. The van der Waals surface area contributed by atoms with E-state index < -0.39 is 0 Å². The van der Waals surface area contributed by atoms with Crippen molar-refractivity contribution in [3.8, 4) is 5.75 Å². The van der Waals surface area contributed by atoms with Crippen LogP contribution in [0.4, 0.5) is 0 Å². The molecule has 1 unspecified atom stereocenters. The van der Waals surface area contributed by atoms with Gasteiger partial charge in [-0.3, -0.25) is 4.99 Å². The lowest BCUT2D eigenvalue weighted by molar-refractivity contribution is 0.187. The van der Waals surface area contributed by atoms with Crippen LogP contribution in [0.1, 0.15) is 24.4 Å². The van der Waals surface area contributed by atoms with Gasteiger partial charge >= 0.3 is 0 Å². The SMILES string of the molecule is NC(=NCCN1CCC1)NC1CCOc2ccccc21. The van der Waals surface area contributed by atoms with Gasteiger partial charge in [-0.25, -0.2) is 0 Å². The molecule has 108 valence electrons. The van der Waals surface area contributed by atoms with Crippen molar-refractivity contribution < 1.29 is 4.74 Å². The van der Waals surface area contributed by atoms with Crippen molar-refractivity contribution in [1.29, 1.82) is 0 Å². The van der Waals surface area contributed by atoms with Crippen LogP contribution < -0.4 is 15.8 Å². The fourth-order valence-corrected chi connectivity index (χ4v) is 2.63. The molecule has 3 rings (SSSR count). The Morgan fingerprint density at radius 3 is 3.05 bits per heavy atom. The van der Waals surface area contributed by atoms with E-state index in [4.69, 9.17) is 10.5 Å². The first kappa shape index (κ1) is 13.2. The second-order valence-electron chi connectivity index (χ2n) is 5.33. The summed E-state index contributed by atoms with van der Waals surface area (Å²) in [4.78, 5) is 6.80. The smallest absolute Gasteiger partial charge is 0.189 e. The summed E-state index contributed by atoms with van der Waals surface area (Å²) >= 11 is 0. The highest BCUT2D eigenvalue weighted by atomic mass is 16.5. The van der Waals surface area contributed by atoms with Crippen molar-refractivity contribution in [2.45, 2.75) is 18.9 Å². The molecule has 1 atom stereocenters. The molecule has 1 aromatic rings. The number of fused-ring (bicyclic) bond motifs is 1. The van der Waals surface area contributed by atoms with Gasteiger partial charge in [-0.2, -0.15) is 0 Å². The highest BCUT2D eigenvalue weighted by Crippen LogP contribution is 2.31. The summed E-state index contributed by atoms with van der Waals surface area (Å²) in [5.41, 5.74) is 7.15. The van der Waals surface area contributed by atoms with Gasteiger partial charge in [0.1, 0.15) is 5.75 Å². The molecule has 0 spiro atoms. The number of hydrogen-bond acceptors (Lipinski definition) is 3. The molecule has 5 nitrogen and oxygen atoms in total. The Bertz CT molecular complexity index is 485. The van der Waals surface area contributed by atoms with E-state index in [1.165, 1.54) is 25.1 Å². The van der Waals surface area contributed by atoms with Crippen LogP contribution in [-0.2, 0) is 0 Å². The van der Waals surface area contributed by atoms with Crippen molar-refractivity contribution in [2.75, 3.05) is 32.8 Å². The highest BCUT2D eigenvalue weighted by molar-refractivity contribution is 5.78. The van der Waals surface area contributed by atoms with Crippen molar-refractivity contribution in [3.05, 3.63) is 29.8 Å². The number of likely N-dealkylation sites (tertiary alicyclic amines) is 1. The molecule has 2 heterocycles. The van der Waals surface area contributed by atoms with Crippen molar-refractivity contribution in [1.82, 2.24) is 10.2 Å². The molecule has 3 N–H and O–H groups in total. The first-order valence-electron chi connectivity index (χ1n) is 7.33. The predicted octanol–water partition coefficient (Wildman–Crippen LogP) is 1.12. The Hall–Kier alpha value is -1.75. The Balaban J connectivity index is 1.55. The van der Waals surface area contributed by atoms with Gasteiger partial charge in [-0.1, -0.05) is 18.2 Å². The first-order valence-corrected chi connectivity index (χ1v) is 7.33. The van der Waals surface area contributed by atoms with E-state index in [0.717, 1.165) is 31.9 Å². The van der Waals surface area contributed by atoms with Crippen LogP contribution in [0.15, 0.2) is 29.3 Å². The Morgan fingerprint density at radius 1 is 1.40 bits per heavy atom. The number of nitrogens with zero attached hydrogens (tertiary/aromatic N) is 2. The maximum absolute atomic E-state index is 5.99. The third-order valence-corrected chi connectivity index (χ3v) is 3.93. The minimum absolute atomic E-state index is 0.202. The number of aliphatic imine (C=N–C) groups is 1. The van der Waals surface area contributed by atoms with E-state index in [1.807, 2.05) is 18.2 Å². The Morgan fingerprint density at radius 2 is 2.25 bits per heavy atom. The molecule has 1 fully saturated rings. The third-order valence-electron chi connectivity index (χ3n) is 3.93. The monoisotopic (exact) mass is 274 g/mol. The second kappa shape index (κ2) is 6.13. The number of nitrogens with one attached hydrogen (secondary N) is 1. The first-order chi connectivity index (χ1) is 9.83. The quantitative estimate of drug-likeness (QED) is 0.638. The normalized spacial score (nSPS) is 22.6. The van der Waals surface area contributed by atoms with Crippen LogP contribution >= 0.6 is 0 Å². The van der Waals surface area contributed by atoms with Gasteiger partial charge in [0.05, 0.1) is 19.2 Å². The lowest BCUT2D eigenvalue weighted by Gasteiger charge is -2.30. The molecule has 0 bridgehead atoms. The minimum Gasteiger partial charge on any atom is -0.493 e. The summed E-state index contributed by atoms with van der Waals surface area (Å²) in [6.45, 7) is 4.90. The van der Waals surface area contributed by atoms with E-state index in [1.54, 1.807) is 0 Å². The van der Waals surface area contributed by atoms with Gasteiger partial charge in [-0.05, 0) is 25.6 Å². The summed E-state index contributed by atoms with van der Waals surface area (Å²) in [6, 6.07) is 8.30. The van der Waals surface area contributed by atoms with Gasteiger partial charge in [0, 0.05) is 18.5 Å². The Kier molecular flexibility index (Phi) is 4.06. The molecule has 2 aliphatic heterocycles. The average Bonchev–Trinajstić information content (AvgIpc) is 2.42.